The Labute approximate surface area is 215 Å². The lowest BCUT2D eigenvalue weighted by Crippen LogP contribution is -2.66. The predicted molar refractivity (Wildman–Crippen MR) is 132 cm³/mol. The molecule has 2 aliphatic heterocycles. The largest absolute Gasteiger partial charge is 0.388 e. The van der Waals surface area contributed by atoms with Crippen molar-refractivity contribution in [3.63, 3.8) is 0 Å². The van der Waals surface area contributed by atoms with E-state index in [0.717, 1.165) is 44.9 Å². The van der Waals surface area contributed by atoms with Gasteiger partial charge in [0.2, 0.25) is 0 Å². The van der Waals surface area contributed by atoms with Crippen molar-refractivity contribution in [2.45, 2.75) is 121 Å². The Morgan fingerprint density at radius 1 is 1.08 bits per heavy atom. The van der Waals surface area contributed by atoms with Crippen molar-refractivity contribution in [3.8, 4) is 0 Å². The van der Waals surface area contributed by atoms with E-state index in [0.29, 0.717) is 24.4 Å². The van der Waals surface area contributed by atoms with Gasteiger partial charge in [-0.25, -0.2) is 0 Å². The van der Waals surface area contributed by atoms with Crippen molar-refractivity contribution < 1.29 is 39.4 Å². The summed E-state index contributed by atoms with van der Waals surface area (Å²) in [6.07, 6.45) is 3.88. The summed E-state index contributed by atoms with van der Waals surface area (Å²) >= 11 is 0. The van der Waals surface area contributed by atoms with Gasteiger partial charge in [0, 0.05) is 12.5 Å². The van der Waals surface area contributed by atoms with Crippen molar-refractivity contribution in [1.29, 1.82) is 0 Å². The molecular weight excluding hydrogens is 464 g/mol. The van der Waals surface area contributed by atoms with Crippen LogP contribution in [0.1, 0.15) is 72.6 Å². The molecule has 36 heavy (non-hydrogen) atoms. The van der Waals surface area contributed by atoms with E-state index in [4.69, 9.17) is 18.9 Å². The molecule has 2 saturated carbocycles. The maximum Gasteiger partial charge on any atom is 0.197 e. The lowest BCUT2D eigenvalue weighted by atomic mass is 9.45. The van der Waals surface area contributed by atoms with Crippen LogP contribution in [0.2, 0.25) is 0 Å². The summed E-state index contributed by atoms with van der Waals surface area (Å²) in [4.78, 5) is 0. The van der Waals surface area contributed by atoms with E-state index in [1.807, 2.05) is 0 Å². The molecule has 0 aromatic rings. The summed E-state index contributed by atoms with van der Waals surface area (Å²) in [5.74, 6) is -0.200. The normalized spacial score (nSPS) is 54.0. The maximum atomic E-state index is 11.4. The van der Waals surface area contributed by atoms with Crippen molar-refractivity contribution in [2.24, 2.45) is 28.6 Å². The Balaban J connectivity index is 1.32. The van der Waals surface area contributed by atoms with Crippen molar-refractivity contribution in [3.05, 3.63) is 11.6 Å². The minimum atomic E-state index is -1.50. The highest BCUT2D eigenvalue weighted by molar-refractivity contribution is 5.25. The lowest BCUT2D eigenvalue weighted by Gasteiger charge is -2.63. The molecule has 2 heterocycles. The highest BCUT2D eigenvalue weighted by Crippen LogP contribution is 2.65. The molecule has 4 fully saturated rings. The zero-order valence-corrected chi connectivity index (χ0v) is 22.4. The van der Waals surface area contributed by atoms with E-state index in [-0.39, 0.29) is 11.5 Å². The monoisotopic (exact) mass is 510 g/mol. The van der Waals surface area contributed by atoms with Gasteiger partial charge in [-0.15, -0.1) is 0 Å². The summed E-state index contributed by atoms with van der Waals surface area (Å²) in [7, 11) is 1.50. The van der Waals surface area contributed by atoms with Crippen LogP contribution in [0.25, 0.3) is 0 Å². The number of methoxy groups -OCH3 is 1. The molecule has 0 bridgehead atoms. The van der Waals surface area contributed by atoms with E-state index >= 15 is 0 Å². The predicted octanol–water partition coefficient (Wildman–Crippen LogP) is 2.51. The van der Waals surface area contributed by atoms with Gasteiger partial charge in [0.15, 0.2) is 12.1 Å². The van der Waals surface area contributed by atoms with E-state index in [2.05, 4.69) is 19.9 Å². The number of ether oxygens (including phenoxy) is 4. The SMILES string of the molecule is CO[C@H]1[C@H](O[C@H]2CC[C@@]3(C)C(=CC[C@@H]4[C@@H]3CC[C@@]3(C)[C@H]4CCO[C@]3(O)[C@H](C)O)C2)O[C@H](C)[C@H](O)[C@H]1O. The van der Waals surface area contributed by atoms with Crippen LogP contribution in [0, 0.1) is 28.6 Å². The van der Waals surface area contributed by atoms with Crippen LogP contribution in [0.3, 0.4) is 0 Å². The van der Waals surface area contributed by atoms with Crippen LogP contribution < -0.4 is 0 Å². The number of allylic oxidation sites excluding steroid dienone is 1. The van der Waals surface area contributed by atoms with Crippen LogP contribution in [0.5, 0.6) is 0 Å². The Bertz CT molecular complexity index is 847. The Hall–Kier alpha value is -0.580. The third kappa shape index (κ3) is 3.94. The average Bonchev–Trinajstić information content (AvgIpc) is 2.83. The van der Waals surface area contributed by atoms with Crippen LogP contribution in [-0.4, -0.2) is 82.8 Å². The number of rotatable bonds is 4. The third-order valence-corrected chi connectivity index (χ3v) is 11.0. The maximum absolute atomic E-state index is 11.4. The molecule has 2 saturated heterocycles. The molecule has 0 amide bonds. The molecule has 8 nitrogen and oxygen atoms in total. The van der Waals surface area contributed by atoms with Gasteiger partial charge in [-0.2, -0.15) is 0 Å². The molecule has 5 aliphatic rings. The van der Waals surface area contributed by atoms with Crippen molar-refractivity contribution in [2.75, 3.05) is 13.7 Å². The number of hydrogen-bond donors (Lipinski definition) is 4. The van der Waals surface area contributed by atoms with Gasteiger partial charge in [0.05, 0.1) is 18.8 Å². The summed E-state index contributed by atoms with van der Waals surface area (Å²) in [6.45, 7) is 8.39. The topological polar surface area (TPSA) is 118 Å². The smallest absolute Gasteiger partial charge is 0.197 e. The molecule has 0 aromatic carbocycles. The molecule has 206 valence electrons. The van der Waals surface area contributed by atoms with Gasteiger partial charge in [-0.05, 0) is 82.0 Å². The Morgan fingerprint density at radius 3 is 2.53 bits per heavy atom. The first-order valence-electron chi connectivity index (χ1n) is 13.9. The number of hydrogen-bond acceptors (Lipinski definition) is 8. The standard InChI is InChI=1S/C28H46O8/c1-15-22(30)23(31)24(33-5)25(35-15)36-18-8-11-26(3)17(14-18)6-7-19-20(26)9-12-27(4)21(19)10-13-34-28(27,32)16(2)29/h6,15-16,18-25,29-32H,7-14H2,1-5H3/t15-,16+,18+,19-,20+,21+,22+,23-,24-,25+,26+,27+,28-/m1/s1. The van der Waals surface area contributed by atoms with Gasteiger partial charge in [0.1, 0.15) is 24.4 Å². The second-order valence-corrected chi connectivity index (χ2v) is 12.6. The molecule has 8 heteroatoms. The molecule has 0 aromatic heterocycles. The van der Waals surface area contributed by atoms with Crippen LogP contribution in [0.15, 0.2) is 11.6 Å². The fourth-order valence-corrected chi connectivity index (χ4v) is 8.70. The molecule has 0 unspecified atom stereocenters. The second kappa shape index (κ2) is 9.56. The van der Waals surface area contributed by atoms with E-state index in [1.165, 1.54) is 12.7 Å². The molecule has 13 atom stereocenters. The molecule has 3 aliphatic carbocycles. The summed E-state index contributed by atoms with van der Waals surface area (Å²) in [5.41, 5.74) is 1.07. The van der Waals surface area contributed by atoms with Crippen molar-refractivity contribution in [1.82, 2.24) is 0 Å². The van der Waals surface area contributed by atoms with Crippen LogP contribution in [-0.2, 0) is 18.9 Å². The average molecular weight is 511 g/mol. The molecule has 4 N–H and O–H groups in total. The van der Waals surface area contributed by atoms with Gasteiger partial charge in [-0.1, -0.05) is 25.5 Å². The van der Waals surface area contributed by atoms with Gasteiger partial charge < -0.3 is 39.4 Å². The Morgan fingerprint density at radius 2 is 1.83 bits per heavy atom. The lowest BCUT2D eigenvalue weighted by molar-refractivity contribution is -0.359. The zero-order chi connectivity index (χ0) is 26.0. The van der Waals surface area contributed by atoms with E-state index < -0.39 is 48.0 Å². The first-order valence-corrected chi connectivity index (χ1v) is 13.9. The van der Waals surface area contributed by atoms with Gasteiger partial charge in [0.25, 0.3) is 0 Å². The zero-order valence-electron chi connectivity index (χ0n) is 22.4. The molecule has 5 rings (SSSR count). The van der Waals surface area contributed by atoms with Crippen molar-refractivity contribution >= 4 is 0 Å². The highest BCUT2D eigenvalue weighted by atomic mass is 16.7. The molecule has 0 radical (unpaired) electrons. The third-order valence-electron chi connectivity index (χ3n) is 11.0. The highest BCUT2D eigenvalue weighted by Gasteiger charge is 2.64. The molecular formula is C28H46O8. The fraction of sp³-hybridized carbons (Fsp3) is 0.929. The first-order chi connectivity index (χ1) is 17.0. The van der Waals surface area contributed by atoms with Gasteiger partial charge in [-0.3, -0.25) is 0 Å². The van der Waals surface area contributed by atoms with Crippen LogP contribution >= 0.6 is 0 Å². The van der Waals surface area contributed by atoms with E-state index in [1.54, 1.807) is 13.8 Å². The number of fused-ring (bicyclic) bond motifs is 5. The van der Waals surface area contributed by atoms with Crippen LogP contribution in [0.4, 0.5) is 0 Å². The van der Waals surface area contributed by atoms with Gasteiger partial charge >= 0.3 is 0 Å². The van der Waals surface area contributed by atoms with E-state index in [9.17, 15) is 20.4 Å². The number of aliphatic hydroxyl groups excluding tert-OH is 3. The first kappa shape index (κ1) is 27.0. The second-order valence-electron chi connectivity index (χ2n) is 12.6. The number of aliphatic hydroxyl groups is 4. The summed E-state index contributed by atoms with van der Waals surface area (Å²) < 4.78 is 23.6. The quantitative estimate of drug-likeness (QED) is 0.426. The molecule has 0 spiro atoms. The Kier molecular flexibility index (Phi) is 7.17. The minimum absolute atomic E-state index is 0.0320. The minimum Gasteiger partial charge on any atom is -0.388 e. The summed E-state index contributed by atoms with van der Waals surface area (Å²) in [6, 6.07) is 0. The fourth-order valence-electron chi connectivity index (χ4n) is 8.70. The summed E-state index contributed by atoms with van der Waals surface area (Å²) in [5, 5.41) is 42.5.